The van der Waals surface area contributed by atoms with Crippen molar-refractivity contribution < 1.29 is 4.79 Å². The van der Waals surface area contributed by atoms with Gasteiger partial charge < -0.3 is 0 Å². The lowest BCUT2D eigenvalue weighted by Gasteiger charge is -2.23. The molecule has 0 bridgehead atoms. The first-order chi connectivity index (χ1) is 9.56. The Morgan fingerprint density at radius 1 is 1.35 bits per heavy atom. The van der Waals surface area contributed by atoms with Crippen LogP contribution in [0.15, 0.2) is 41.5 Å². The summed E-state index contributed by atoms with van der Waals surface area (Å²) in [4.78, 5) is 28.9. The van der Waals surface area contributed by atoms with Crippen molar-refractivity contribution in [2.75, 3.05) is 0 Å². The van der Waals surface area contributed by atoms with E-state index in [0.717, 1.165) is 17.6 Å². The number of aryl methyl sites for hydroxylation is 1. The van der Waals surface area contributed by atoms with Crippen LogP contribution in [-0.4, -0.2) is 15.3 Å². The highest BCUT2D eigenvalue weighted by atomic mass is 16.1. The molecule has 3 rings (SSSR count). The second-order valence-electron chi connectivity index (χ2n) is 5.43. The van der Waals surface area contributed by atoms with Crippen molar-refractivity contribution in [1.29, 1.82) is 0 Å². The molecule has 1 aromatic heterocycles. The molecule has 1 atom stereocenters. The summed E-state index contributed by atoms with van der Waals surface area (Å²) in [5, 5.41) is 0.565. The molecule has 0 radical (unpaired) electrons. The Kier molecular flexibility index (Phi) is 3.01. The Morgan fingerprint density at radius 2 is 2.15 bits per heavy atom. The second-order valence-corrected chi connectivity index (χ2v) is 5.43. The van der Waals surface area contributed by atoms with Gasteiger partial charge in [-0.05, 0) is 37.5 Å². The first-order valence-electron chi connectivity index (χ1n) is 6.73. The van der Waals surface area contributed by atoms with E-state index in [1.54, 1.807) is 6.07 Å². The molecule has 0 spiro atoms. The van der Waals surface area contributed by atoms with Gasteiger partial charge in [0.1, 0.15) is 0 Å². The van der Waals surface area contributed by atoms with E-state index in [9.17, 15) is 9.59 Å². The van der Waals surface area contributed by atoms with Gasteiger partial charge in [0.2, 0.25) is 0 Å². The third-order valence-electron chi connectivity index (χ3n) is 3.84. The molecule has 1 aliphatic rings. The first-order valence-corrected chi connectivity index (χ1v) is 6.73. The van der Waals surface area contributed by atoms with E-state index in [0.29, 0.717) is 23.7 Å². The predicted octanol–water partition coefficient (Wildman–Crippen LogP) is 2.56. The van der Waals surface area contributed by atoms with Gasteiger partial charge in [-0.15, -0.1) is 0 Å². The molecular formula is C16H16N2O2. The number of fused-ring (bicyclic) bond motifs is 1. The summed E-state index contributed by atoms with van der Waals surface area (Å²) in [6.45, 7) is 5.81. The van der Waals surface area contributed by atoms with E-state index in [1.807, 2.05) is 19.1 Å². The Hall–Kier alpha value is -2.23. The van der Waals surface area contributed by atoms with E-state index in [-0.39, 0.29) is 11.3 Å². The maximum atomic E-state index is 12.5. The number of aromatic nitrogens is 2. The average molecular weight is 268 g/mol. The summed E-state index contributed by atoms with van der Waals surface area (Å²) in [6.07, 6.45) is 3.29. The summed E-state index contributed by atoms with van der Waals surface area (Å²) in [7, 11) is 0. The highest BCUT2D eigenvalue weighted by molar-refractivity contribution is 5.86. The number of nitrogens with zero attached hydrogens (tertiary/aromatic N) is 2. The van der Waals surface area contributed by atoms with Crippen LogP contribution in [0.5, 0.6) is 0 Å². The van der Waals surface area contributed by atoms with Crippen molar-refractivity contribution in [3.05, 3.63) is 52.6 Å². The van der Waals surface area contributed by atoms with Crippen molar-refractivity contribution in [2.24, 2.45) is 0 Å². The van der Waals surface area contributed by atoms with E-state index >= 15 is 0 Å². The van der Waals surface area contributed by atoms with Crippen LogP contribution in [0.1, 0.15) is 30.9 Å². The number of allylic oxidation sites excluding steroid dienone is 1. The zero-order chi connectivity index (χ0) is 14.3. The molecule has 0 amide bonds. The van der Waals surface area contributed by atoms with Crippen LogP contribution in [0.4, 0.5) is 0 Å². The van der Waals surface area contributed by atoms with Gasteiger partial charge in [-0.3, -0.25) is 14.2 Å². The Morgan fingerprint density at radius 3 is 2.90 bits per heavy atom. The van der Waals surface area contributed by atoms with Crippen LogP contribution in [0.3, 0.4) is 0 Å². The van der Waals surface area contributed by atoms with Crippen molar-refractivity contribution in [2.45, 2.75) is 32.2 Å². The third-order valence-corrected chi connectivity index (χ3v) is 3.84. The van der Waals surface area contributed by atoms with Crippen LogP contribution in [0, 0.1) is 6.92 Å². The Bertz CT molecular complexity index is 774. The first kappa shape index (κ1) is 12.8. The summed E-state index contributed by atoms with van der Waals surface area (Å²) in [5.41, 5.74) is 2.55. The Labute approximate surface area is 116 Å². The number of hydrogen-bond acceptors (Lipinski definition) is 3. The summed E-state index contributed by atoms with van der Waals surface area (Å²) >= 11 is 0. The highest BCUT2D eigenvalue weighted by Gasteiger charge is 2.26. The fraction of sp³-hybridized carbons (Fsp3) is 0.312. The van der Waals surface area contributed by atoms with Gasteiger partial charge in [-0.2, -0.15) is 0 Å². The molecule has 1 heterocycles. The monoisotopic (exact) mass is 268 g/mol. The van der Waals surface area contributed by atoms with E-state index in [2.05, 4.69) is 11.6 Å². The minimum absolute atomic E-state index is 0.0524. The van der Waals surface area contributed by atoms with Crippen LogP contribution < -0.4 is 5.56 Å². The lowest BCUT2D eigenvalue weighted by molar-refractivity contribution is -0.122. The van der Waals surface area contributed by atoms with Crippen LogP contribution in [0.25, 0.3) is 10.9 Å². The number of Topliss-reactive ketones (excluding diaryl/α,β-unsaturated/α-hetero) is 1. The molecule has 1 unspecified atom stereocenters. The molecule has 1 fully saturated rings. The molecule has 1 saturated carbocycles. The summed E-state index contributed by atoms with van der Waals surface area (Å²) < 4.78 is 1.48. The molecule has 1 aliphatic carbocycles. The number of ketones is 1. The van der Waals surface area contributed by atoms with E-state index in [1.165, 1.54) is 10.9 Å². The minimum atomic E-state index is -0.397. The van der Waals surface area contributed by atoms with Crippen LogP contribution >= 0.6 is 0 Å². The fourth-order valence-electron chi connectivity index (χ4n) is 2.72. The molecule has 2 aromatic rings. The predicted molar refractivity (Wildman–Crippen MR) is 77.8 cm³/mol. The quantitative estimate of drug-likeness (QED) is 0.747. The van der Waals surface area contributed by atoms with Gasteiger partial charge in [-0.25, -0.2) is 4.98 Å². The number of carbonyl (C=O) groups excluding carboxylic acids is 1. The molecular weight excluding hydrogens is 252 g/mol. The summed E-state index contributed by atoms with van der Waals surface area (Å²) in [6, 6.07) is 5.15. The number of carbonyl (C=O) groups is 1. The van der Waals surface area contributed by atoms with Gasteiger partial charge in [-0.1, -0.05) is 18.2 Å². The molecule has 102 valence electrons. The van der Waals surface area contributed by atoms with Gasteiger partial charge in [0, 0.05) is 6.42 Å². The van der Waals surface area contributed by atoms with Crippen molar-refractivity contribution >= 4 is 16.7 Å². The molecule has 0 N–H and O–H groups in total. The van der Waals surface area contributed by atoms with Crippen LogP contribution in [-0.2, 0) is 4.79 Å². The van der Waals surface area contributed by atoms with Gasteiger partial charge in [0.15, 0.2) is 5.78 Å². The maximum absolute atomic E-state index is 12.5. The molecule has 20 heavy (non-hydrogen) atoms. The molecule has 0 saturated heterocycles. The standard InChI is InChI=1S/C16H16N2O2/c1-10-3-5-12-13(7-10)17-9-18(16(12)20)14-6-4-11(2)8-15(14)19/h3,5,7,9,14H,2,4,6,8H2,1H3. The topological polar surface area (TPSA) is 52.0 Å². The number of rotatable bonds is 1. The number of benzene rings is 1. The van der Waals surface area contributed by atoms with Crippen molar-refractivity contribution in [3.63, 3.8) is 0 Å². The van der Waals surface area contributed by atoms with Gasteiger partial charge >= 0.3 is 0 Å². The van der Waals surface area contributed by atoms with Gasteiger partial charge in [0.05, 0.1) is 23.3 Å². The molecule has 4 nitrogen and oxygen atoms in total. The largest absolute Gasteiger partial charge is 0.297 e. The number of hydrogen-bond donors (Lipinski definition) is 0. The lowest BCUT2D eigenvalue weighted by Crippen LogP contribution is -2.32. The van der Waals surface area contributed by atoms with Gasteiger partial charge in [0.25, 0.3) is 5.56 Å². The van der Waals surface area contributed by atoms with Crippen molar-refractivity contribution in [1.82, 2.24) is 9.55 Å². The SMILES string of the molecule is C=C1CCC(n2cnc3cc(C)ccc3c2=O)C(=O)C1. The highest BCUT2D eigenvalue weighted by Crippen LogP contribution is 2.27. The average Bonchev–Trinajstić information content (AvgIpc) is 2.40. The third kappa shape index (κ3) is 2.07. The fourth-order valence-corrected chi connectivity index (χ4v) is 2.72. The molecule has 0 aliphatic heterocycles. The second kappa shape index (κ2) is 4.71. The molecule has 4 heteroatoms. The van der Waals surface area contributed by atoms with E-state index < -0.39 is 6.04 Å². The Balaban J connectivity index is 2.11. The molecule has 1 aromatic carbocycles. The lowest BCUT2D eigenvalue weighted by atomic mass is 9.90. The normalized spacial score (nSPS) is 19.6. The zero-order valence-corrected chi connectivity index (χ0v) is 11.4. The minimum Gasteiger partial charge on any atom is -0.297 e. The smallest absolute Gasteiger partial charge is 0.261 e. The van der Waals surface area contributed by atoms with Crippen molar-refractivity contribution in [3.8, 4) is 0 Å². The maximum Gasteiger partial charge on any atom is 0.261 e. The summed E-state index contributed by atoms with van der Waals surface area (Å²) in [5.74, 6) is 0.0524. The van der Waals surface area contributed by atoms with Crippen LogP contribution in [0.2, 0.25) is 0 Å². The zero-order valence-electron chi connectivity index (χ0n) is 11.4. The van der Waals surface area contributed by atoms with E-state index in [4.69, 9.17) is 0 Å².